The smallest absolute Gasteiger partial charge is 0.250 e. The summed E-state index contributed by atoms with van der Waals surface area (Å²) >= 11 is 5.21. The monoisotopic (exact) mass is 460 g/mol. The van der Waals surface area contributed by atoms with Crippen molar-refractivity contribution < 1.29 is 9.53 Å². The first-order chi connectivity index (χ1) is 15.7. The third-order valence-corrected chi connectivity index (χ3v) is 5.85. The summed E-state index contributed by atoms with van der Waals surface area (Å²) in [4.78, 5) is 12.0. The number of unbranched alkanes of at least 4 members (excludes halogenated alkanes) is 13. The molecule has 0 aliphatic rings. The van der Waals surface area contributed by atoms with Crippen molar-refractivity contribution in [3.8, 4) is 5.75 Å². The molecule has 0 saturated heterocycles. The summed E-state index contributed by atoms with van der Waals surface area (Å²) in [6.45, 7) is 3.07. The average Bonchev–Trinajstić information content (AvgIpc) is 2.80. The lowest BCUT2D eigenvalue weighted by Crippen LogP contribution is -2.38. The Labute approximate surface area is 201 Å². The number of methoxy groups -OCH3 is 1. The van der Waals surface area contributed by atoms with Crippen LogP contribution in [0.5, 0.6) is 5.75 Å². The molecule has 1 rings (SSSR count). The highest BCUT2D eigenvalue weighted by Gasteiger charge is 2.02. The van der Waals surface area contributed by atoms with Crippen LogP contribution in [0.15, 0.2) is 30.3 Å². The van der Waals surface area contributed by atoms with Crippen molar-refractivity contribution in [3.05, 3.63) is 35.9 Å². The Kier molecular flexibility index (Phi) is 17.4. The number of carbonyl (C=O) groups excluding carboxylic acids is 1. The normalized spacial score (nSPS) is 10.9. The van der Waals surface area contributed by atoms with Crippen molar-refractivity contribution in [1.82, 2.24) is 10.6 Å². The van der Waals surface area contributed by atoms with E-state index in [-0.39, 0.29) is 5.91 Å². The Bertz CT molecular complexity index is 661. The summed E-state index contributed by atoms with van der Waals surface area (Å²) in [6, 6.07) is 7.56. The molecular weight excluding hydrogens is 416 g/mol. The molecule has 0 radical (unpaired) electrons. The van der Waals surface area contributed by atoms with Crippen LogP contribution in [0.3, 0.4) is 0 Å². The molecule has 0 spiro atoms. The molecule has 0 bridgehead atoms. The minimum absolute atomic E-state index is 0.241. The molecule has 5 heteroatoms. The van der Waals surface area contributed by atoms with Gasteiger partial charge in [0.05, 0.1) is 7.11 Å². The van der Waals surface area contributed by atoms with E-state index in [1.54, 1.807) is 13.2 Å². The first-order valence-corrected chi connectivity index (χ1v) is 13.0. The van der Waals surface area contributed by atoms with E-state index in [1.165, 1.54) is 89.5 Å². The van der Waals surface area contributed by atoms with Gasteiger partial charge in [-0.05, 0) is 30.8 Å². The number of amides is 1. The Hall–Kier alpha value is -1.88. The number of nitrogens with one attached hydrogen (secondary N) is 2. The van der Waals surface area contributed by atoms with Gasteiger partial charge in [0.2, 0.25) is 5.91 Å². The van der Waals surface area contributed by atoms with Crippen LogP contribution >= 0.6 is 12.2 Å². The van der Waals surface area contributed by atoms with Gasteiger partial charge in [-0.15, -0.1) is 0 Å². The minimum Gasteiger partial charge on any atom is -0.496 e. The lowest BCUT2D eigenvalue weighted by atomic mass is 10.0. The molecule has 0 atom stereocenters. The molecule has 4 nitrogen and oxygen atoms in total. The number of hydrogen-bond acceptors (Lipinski definition) is 3. The SMILES string of the molecule is CCCCCCCCCCCCCCCCNC(=S)NC(=O)C=Cc1ccccc1OC. The van der Waals surface area contributed by atoms with Crippen LogP contribution in [-0.4, -0.2) is 24.7 Å². The predicted octanol–water partition coefficient (Wildman–Crippen LogP) is 7.18. The third kappa shape index (κ3) is 15.0. The van der Waals surface area contributed by atoms with E-state index in [4.69, 9.17) is 17.0 Å². The summed E-state index contributed by atoms with van der Waals surface area (Å²) in [6.07, 6.45) is 22.0. The van der Waals surface area contributed by atoms with Gasteiger partial charge < -0.3 is 10.1 Å². The molecule has 1 amide bonds. The second-order valence-electron chi connectivity index (χ2n) is 8.42. The fourth-order valence-electron chi connectivity index (χ4n) is 3.69. The highest BCUT2D eigenvalue weighted by atomic mass is 32.1. The number of ether oxygens (including phenoxy) is 1. The first-order valence-electron chi connectivity index (χ1n) is 12.6. The van der Waals surface area contributed by atoms with Crippen LogP contribution in [0, 0.1) is 0 Å². The van der Waals surface area contributed by atoms with E-state index in [1.807, 2.05) is 24.3 Å². The quantitative estimate of drug-likeness (QED) is 0.138. The van der Waals surface area contributed by atoms with E-state index >= 15 is 0 Å². The molecule has 0 unspecified atom stereocenters. The van der Waals surface area contributed by atoms with Crippen molar-refractivity contribution in [2.45, 2.75) is 96.8 Å². The fraction of sp³-hybridized carbons (Fsp3) is 0.630. The zero-order chi connectivity index (χ0) is 23.3. The van der Waals surface area contributed by atoms with Crippen LogP contribution in [0.25, 0.3) is 6.08 Å². The number of para-hydroxylation sites is 1. The van der Waals surface area contributed by atoms with Crippen molar-refractivity contribution in [2.75, 3.05) is 13.7 Å². The van der Waals surface area contributed by atoms with Gasteiger partial charge in [0.25, 0.3) is 0 Å². The first kappa shape index (κ1) is 28.2. The minimum atomic E-state index is -0.241. The largest absolute Gasteiger partial charge is 0.496 e. The molecule has 32 heavy (non-hydrogen) atoms. The second kappa shape index (κ2) is 19.8. The van der Waals surface area contributed by atoms with Gasteiger partial charge in [-0.2, -0.15) is 0 Å². The van der Waals surface area contributed by atoms with E-state index in [2.05, 4.69) is 17.6 Å². The zero-order valence-corrected chi connectivity index (χ0v) is 21.1. The molecule has 1 aromatic carbocycles. The zero-order valence-electron chi connectivity index (χ0n) is 20.3. The van der Waals surface area contributed by atoms with Gasteiger partial charge in [0, 0.05) is 18.2 Å². The van der Waals surface area contributed by atoms with Crippen molar-refractivity contribution in [1.29, 1.82) is 0 Å². The van der Waals surface area contributed by atoms with Crippen LogP contribution < -0.4 is 15.4 Å². The van der Waals surface area contributed by atoms with Gasteiger partial charge >= 0.3 is 0 Å². The molecule has 180 valence electrons. The lowest BCUT2D eigenvalue weighted by Gasteiger charge is -2.08. The van der Waals surface area contributed by atoms with E-state index in [0.717, 1.165) is 24.3 Å². The van der Waals surface area contributed by atoms with E-state index in [9.17, 15) is 4.79 Å². The van der Waals surface area contributed by atoms with Crippen molar-refractivity contribution >= 4 is 29.3 Å². The molecule has 0 fully saturated rings. The number of carbonyl (C=O) groups is 1. The number of thiocarbonyl (C=S) groups is 1. The Morgan fingerprint density at radius 1 is 0.875 bits per heavy atom. The van der Waals surface area contributed by atoms with Gasteiger partial charge in [-0.3, -0.25) is 10.1 Å². The highest BCUT2D eigenvalue weighted by Crippen LogP contribution is 2.18. The Balaban J connectivity index is 1.95. The topological polar surface area (TPSA) is 50.4 Å². The van der Waals surface area contributed by atoms with Crippen molar-refractivity contribution in [2.24, 2.45) is 0 Å². The maximum absolute atomic E-state index is 12.0. The summed E-state index contributed by atoms with van der Waals surface area (Å²) < 4.78 is 5.27. The summed E-state index contributed by atoms with van der Waals surface area (Å²) in [5, 5.41) is 6.19. The van der Waals surface area contributed by atoms with Gasteiger partial charge in [-0.1, -0.05) is 109 Å². The highest BCUT2D eigenvalue weighted by molar-refractivity contribution is 7.80. The van der Waals surface area contributed by atoms with E-state index in [0.29, 0.717) is 5.11 Å². The van der Waals surface area contributed by atoms with Crippen LogP contribution in [0.1, 0.15) is 102 Å². The maximum Gasteiger partial charge on any atom is 0.250 e. The Morgan fingerprint density at radius 3 is 1.97 bits per heavy atom. The number of benzene rings is 1. The van der Waals surface area contributed by atoms with Gasteiger partial charge in [0.15, 0.2) is 5.11 Å². The lowest BCUT2D eigenvalue weighted by molar-refractivity contribution is -0.115. The summed E-state index contributed by atoms with van der Waals surface area (Å²) in [7, 11) is 1.61. The maximum atomic E-state index is 12.0. The van der Waals surface area contributed by atoms with Crippen LogP contribution in [-0.2, 0) is 4.79 Å². The standard InChI is InChI=1S/C27H44N2O2S/c1-3-4-5-6-7-8-9-10-11-12-13-14-15-18-23-28-27(32)29-26(30)22-21-24-19-16-17-20-25(24)31-2/h16-17,19-22H,3-15,18,23H2,1-2H3,(H2,28,29,30,32). The summed E-state index contributed by atoms with van der Waals surface area (Å²) in [5.41, 5.74) is 0.853. The molecule has 0 aliphatic heterocycles. The molecule has 2 N–H and O–H groups in total. The Morgan fingerprint density at radius 2 is 1.41 bits per heavy atom. The molecule has 0 saturated carbocycles. The third-order valence-electron chi connectivity index (χ3n) is 5.61. The fourth-order valence-corrected chi connectivity index (χ4v) is 3.89. The molecule has 0 aliphatic carbocycles. The second-order valence-corrected chi connectivity index (χ2v) is 8.82. The molecule has 0 heterocycles. The summed E-state index contributed by atoms with van der Waals surface area (Å²) in [5.74, 6) is 0.490. The number of rotatable bonds is 18. The molecule has 1 aromatic rings. The number of hydrogen-bond donors (Lipinski definition) is 2. The van der Waals surface area contributed by atoms with Gasteiger partial charge in [0.1, 0.15) is 5.75 Å². The van der Waals surface area contributed by atoms with Crippen LogP contribution in [0.2, 0.25) is 0 Å². The van der Waals surface area contributed by atoms with E-state index < -0.39 is 0 Å². The van der Waals surface area contributed by atoms with Crippen molar-refractivity contribution in [3.63, 3.8) is 0 Å². The predicted molar refractivity (Wildman–Crippen MR) is 141 cm³/mol. The molecular formula is C27H44N2O2S. The van der Waals surface area contributed by atoms with Crippen LogP contribution in [0.4, 0.5) is 0 Å². The average molecular weight is 461 g/mol. The molecule has 0 aromatic heterocycles. The van der Waals surface area contributed by atoms with Gasteiger partial charge in [-0.25, -0.2) is 0 Å².